The minimum Gasteiger partial charge on any atom is -0.493 e. The predicted molar refractivity (Wildman–Crippen MR) is 92.7 cm³/mol. The lowest BCUT2D eigenvalue weighted by molar-refractivity contribution is 0.355. The van der Waals surface area contributed by atoms with Crippen molar-refractivity contribution in [2.24, 2.45) is 0 Å². The van der Waals surface area contributed by atoms with E-state index in [-0.39, 0.29) is 0 Å². The molecule has 4 heteroatoms. The summed E-state index contributed by atoms with van der Waals surface area (Å²) in [6.07, 6.45) is 0. The monoisotopic (exact) mass is 320 g/mol. The Morgan fingerprint density at radius 1 is 0.917 bits per heavy atom. The van der Waals surface area contributed by atoms with E-state index in [2.05, 4.69) is 11.8 Å². The van der Waals surface area contributed by atoms with E-state index in [1.54, 1.807) is 25.3 Å². The lowest BCUT2D eigenvalue weighted by atomic mass is 10.1. The highest BCUT2D eigenvalue weighted by molar-refractivity contribution is 5.85. The van der Waals surface area contributed by atoms with Crippen LogP contribution in [0.4, 0.5) is 0 Å². The zero-order valence-electron chi connectivity index (χ0n) is 13.7. The van der Waals surface area contributed by atoms with Gasteiger partial charge >= 0.3 is 5.63 Å². The summed E-state index contributed by atoms with van der Waals surface area (Å²) >= 11 is 0. The van der Waals surface area contributed by atoms with Gasteiger partial charge in [-0.15, -0.1) is 0 Å². The van der Waals surface area contributed by atoms with E-state index in [9.17, 15) is 4.79 Å². The number of hydrogen-bond donors (Lipinski definition) is 0. The van der Waals surface area contributed by atoms with E-state index in [1.807, 2.05) is 31.2 Å². The quantitative estimate of drug-likeness (QED) is 0.678. The van der Waals surface area contributed by atoms with Crippen LogP contribution in [-0.2, 0) is 0 Å². The Kier molecular flexibility index (Phi) is 4.26. The fourth-order valence-corrected chi connectivity index (χ4v) is 2.35. The highest BCUT2D eigenvalue weighted by Gasteiger charge is 2.10. The summed E-state index contributed by atoms with van der Waals surface area (Å²) in [6.45, 7) is 2.02. The summed E-state index contributed by atoms with van der Waals surface area (Å²) < 4.78 is 15.8. The molecule has 3 aromatic rings. The van der Waals surface area contributed by atoms with Crippen LogP contribution in [0.1, 0.15) is 16.9 Å². The van der Waals surface area contributed by atoms with Gasteiger partial charge < -0.3 is 13.9 Å². The summed E-state index contributed by atoms with van der Waals surface area (Å²) in [6, 6.07) is 12.9. The lowest BCUT2D eigenvalue weighted by Gasteiger charge is -2.08. The molecule has 0 radical (unpaired) electrons. The third kappa shape index (κ3) is 3.11. The lowest BCUT2D eigenvalue weighted by Crippen LogP contribution is -2.02. The molecule has 4 nitrogen and oxygen atoms in total. The Morgan fingerprint density at radius 3 is 2.25 bits per heavy atom. The molecule has 0 saturated carbocycles. The molecule has 0 atom stereocenters. The van der Waals surface area contributed by atoms with Gasteiger partial charge in [0.05, 0.1) is 19.6 Å². The van der Waals surface area contributed by atoms with Gasteiger partial charge in [0, 0.05) is 5.56 Å². The summed E-state index contributed by atoms with van der Waals surface area (Å²) in [5, 5.41) is 1.12. The van der Waals surface area contributed by atoms with E-state index in [1.165, 1.54) is 12.7 Å². The predicted octanol–water partition coefficient (Wildman–Crippen LogP) is 3.52. The molecule has 0 fully saturated rings. The number of benzene rings is 2. The molecule has 0 aliphatic heterocycles. The molecule has 0 amide bonds. The van der Waals surface area contributed by atoms with Crippen molar-refractivity contribution in [3.05, 3.63) is 69.8 Å². The van der Waals surface area contributed by atoms with Gasteiger partial charge in [-0.05, 0) is 48.6 Å². The molecule has 1 aromatic heterocycles. The number of methoxy groups -OCH3 is 2. The topological polar surface area (TPSA) is 48.7 Å². The number of aryl methyl sites for hydroxylation is 1. The SMILES string of the molecule is COc1cc2cc(C#Cc3ccc(C)cc3)oc(=O)c2cc1OC. The van der Waals surface area contributed by atoms with Crippen LogP contribution in [0, 0.1) is 18.8 Å². The first-order valence-corrected chi connectivity index (χ1v) is 7.39. The van der Waals surface area contributed by atoms with Gasteiger partial charge in [-0.1, -0.05) is 23.6 Å². The van der Waals surface area contributed by atoms with Crippen molar-refractivity contribution < 1.29 is 13.9 Å². The Morgan fingerprint density at radius 2 is 1.58 bits per heavy atom. The second-order valence-electron chi connectivity index (χ2n) is 5.31. The van der Waals surface area contributed by atoms with Crippen LogP contribution in [0.2, 0.25) is 0 Å². The number of ether oxygens (including phenoxy) is 2. The molecule has 0 unspecified atom stereocenters. The number of rotatable bonds is 2. The normalized spacial score (nSPS) is 10.1. The molecule has 24 heavy (non-hydrogen) atoms. The molecule has 1 heterocycles. The minimum atomic E-state index is -0.457. The molecule has 3 rings (SSSR count). The van der Waals surface area contributed by atoms with E-state index < -0.39 is 5.63 Å². The molecule has 2 aromatic carbocycles. The summed E-state index contributed by atoms with van der Waals surface area (Å²) in [4.78, 5) is 12.2. The number of hydrogen-bond acceptors (Lipinski definition) is 4. The van der Waals surface area contributed by atoms with Crippen molar-refractivity contribution >= 4 is 10.8 Å². The molecule has 0 bridgehead atoms. The van der Waals surface area contributed by atoms with Crippen molar-refractivity contribution in [3.8, 4) is 23.3 Å². The standard InChI is InChI=1S/C20H16O4/c1-13-4-6-14(7-5-13)8-9-16-10-15-11-18(22-2)19(23-3)12-17(15)20(21)24-16/h4-7,10-12H,1-3H3. The van der Waals surface area contributed by atoms with Gasteiger partial charge in [-0.25, -0.2) is 4.79 Å². The van der Waals surface area contributed by atoms with Crippen molar-refractivity contribution in [1.29, 1.82) is 0 Å². The van der Waals surface area contributed by atoms with Gasteiger partial charge in [0.2, 0.25) is 0 Å². The molecule has 0 saturated heterocycles. The van der Waals surface area contributed by atoms with Gasteiger partial charge in [-0.2, -0.15) is 0 Å². The van der Waals surface area contributed by atoms with Gasteiger partial charge in [0.25, 0.3) is 0 Å². The summed E-state index contributed by atoms with van der Waals surface area (Å²) in [5.74, 6) is 7.22. The fraction of sp³-hybridized carbons (Fsp3) is 0.150. The van der Waals surface area contributed by atoms with Crippen LogP contribution < -0.4 is 15.1 Å². The number of fused-ring (bicyclic) bond motifs is 1. The first-order valence-electron chi connectivity index (χ1n) is 7.39. The molecular weight excluding hydrogens is 304 g/mol. The molecular formula is C20H16O4. The second-order valence-corrected chi connectivity index (χ2v) is 5.31. The molecule has 0 spiro atoms. The zero-order chi connectivity index (χ0) is 17.1. The Bertz CT molecular complexity index is 1000. The smallest absolute Gasteiger partial charge is 0.344 e. The highest BCUT2D eigenvalue weighted by atomic mass is 16.5. The average molecular weight is 320 g/mol. The van der Waals surface area contributed by atoms with Crippen LogP contribution in [0.15, 0.2) is 51.7 Å². The van der Waals surface area contributed by atoms with E-state index in [0.717, 1.165) is 5.56 Å². The molecule has 120 valence electrons. The van der Waals surface area contributed by atoms with Crippen LogP contribution in [0.25, 0.3) is 10.8 Å². The van der Waals surface area contributed by atoms with Crippen molar-refractivity contribution in [2.75, 3.05) is 14.2 Å². The first-order chi connectivity index (χ1) is 11.6. The van der Waals surface area contributed by atoms with Crippen molar-refractivity contribution in [3.63, 3.8) is 0 Å². The van der Waals surface area contributed by atoms with Gasteiger partial charge in [-0.3, -0.25) is 0 Å². The molecule has 0 aliphatic carbocycles. The van der Waals surface area contributed by atoms with Gasteiger partial charge in [0.15, 0.2) is 17.3 Å². The zero-order valence-corrected chi connectivity index (χ0v) is 13.7. The Labute approximate surface area is 139 Å². The maximum absolute atomic E-state index is 12.2. The van der Waals surface area contributed by atoms with Crippen LogP contribution in [0.3, 0.4) is 0 Å². The molecule has 0 N–H and O–H groups in total. The maximum atomic E-state index is 12.2. The third-order valence-corrected chi connectivity index (χ3v) is 3.65. The maximum Gasteiger partial charge on any atom is 0.344 e. The first kappa shape index (κ1) is 15.7. The van der Waals surface area contributed by atoms with E-state index >= 15 is 0 Å². The fourth-order valence-electron chi connectivity index (χ4n) is 2.35. The third-order valence-electron chi connectivity index (χ3n) is 3.65. The van der Waals surface area contributed by atoms with Crippen LogP contribution in [-0.4, -0.2) is 14.2 Å². The largest absolute Gasteiger partial charge is 0.493 e. The second kappa shape index (κ2) is 6.51. The summed E-state index contributed by atoms with van der Waals surface area (Å²) in [5.41, 5.74) is 1.57. The van der Waals surface area contributed by atoms with Crippen molar-refractivity contribution in [2.45, 2.75) is 6.92 Å². The minimum absolute atomic E-state index is 0.306. The Balaban J connectivity index is 2.07. The highest BCUT2D eigenvalue weighted by Crippen LogP contribution is 2.31. The molecule has 0 aliphatic rings. The van der Waals surface area contributed by atoms with Crippen LogP contribution in [0.5, 0.6) is 11.5 Å². The average Bonchev–Trinajstić information content (AvgIpc) is 2.60. The van der Waals surface area contributed by atoms with Crippen molar-refractivity contribution in [1.82, 2.24) is 0 Å². The summed E-state index contributed by atoms with van der Waals surface area (Å²) in [7, 11) is 3.07. The van der Waals surface area contributed by atoms with Gasteiger partial charge in [0.1, 0.15) is 0 Å². The van der Waals surface area contributed by atoms with E-state index in [4.69, 9.17) is 13.9 Å². The van der Waals surface area contributed by atoms with Crippen LogP contribution >= 0.6 is 0 Å². The Hall–Kier alpha value is -3.19. The van der Waals surface area contributed by atoms with E-state index in [0.29, 0.717) is 28.0 Å².